The van der Waals surface area contributed by atoms with Crippen molar-refractivity contribution in [2.45, 2.75) is 40.7 Å². The molecule has 6 heteroatoms. The molecule has 2 aromatic heterocycles. The number of carbonyl (C=O) groups is 1. The minimum Gasteiger partial charge on any atom is -0.346 e. The molecule has 26 heavy (non-hydrogen) atoms. The molecule has 0 unspecified atom stereocenters. The van der Waals surface area contributed by atoms with Crippen molar-refractivity contribution < 1.29 is 4.79 Å². The van der Waals surface area contributed by atoms with Crippen molar-refractivity contribution in [1.82, 2.24) is 25.3 Å². The van der Waals surface area contributed by atoms with E-state index in [1.54, 1.807) is 0 Å². The molecule has 0 aliphatic carbocycles. The number of nitrogens with zero attached hydrogens (tertiary/aromatic N) is 3. The molecule has 0 saturated heterocycles. The molecule has 0 fully saturated rings. The zero-order valence-electron chi connectivity index (χ0n) is 15.7. The number of nitrogens with one attached hydrogen (secondary N) is 2. The number of hydrogen-bond acceptors (Lipinski definition) is 3. The fraction of sp³-hybridized carbons (Fsp3) is 0.350. The Hall–Kier alpha value is -2.89. The summed E-state index contributed by atoms with van der Waals surface area (Å²) < 4.78 is 1.91. The molecule has 0 saturated carbocycles. The van der Waals surface area contributed by atoms with E-state index in [1.807, 2.05) is 54.9 Å². The van der Waals surface area contributed by atoms with Gasteiger partial charge in [0.1, 0.15) is 5.69 Å². The van der Waals surface area contributed by atoms with Crippen LogP contribution in [-0.4, -0.2) is 25.9 Å². The van der Waals surface area contributed by atoms with E-state index < -0.39 is 0 Å². The van der Waals surface area contributed by atoms with Gasteiger partial charge in [-0.2, -0.15) is 10.2 Å². The number of aromatic amines is 1. The van der Waals surface area contributed by atoms with Gasteiger partial charge in [-0.15, -0.1) is 0 Å². The third kappa shape index (κ3) is 3.85. The van der Waals surface area contributed by atoms with Gasteiger partial charge in [0, 0.05) is 23.5 Å². The van der Waals surface area contributed by atoms with E-state index >= 15 is 0 Å². The molecule has 6 nitrogen and oxygen atoms in total. The SMILES string of the molecule is Cc1nn(-c2ccccc2)c(C)c1CNC(=O)c1cc(CC(C)C)[nH]n1. The second-order valence-corrected chi connectivity index (χ2v) is 6.96. The number of carbonyl (C=O) groups excluding carboxylic acids is 1. The fourth-order valence-electron chi connectivity index (χ4n) is 3.03. The molecule has 2 N–H and O–H groups in total. The van der Waals surface area contributed by atoms with Gasteiger partial charge in [-0.25, -0.2) is 4.68 Å². The van der Waals surface area contributed by atoms with Gasteiger partial charge >= 0.3 is 0 Å². The molecule has 1 amide bonds. The van der Waals surface area contributed by atoms with Gasteiger partial charge in [0.15, 0.2) is 0 Å². The van der Waals surface area contributed by atoms with E-state index in [1.165, 1.54) is 0 Å². The molecule has 0 atom stereocenters. The largest absolute Gasteiger partial charge is 0.346 e. The maximum atomic E-state index is 12.4. The standard InChI is InChI=1S/C20H25N5O/c1-13(2)10-16-11-19(23-22-16)20(26)21-12-18-14(3)24-25(15(18)4)17-8-6-5-7-9-17/h5-9,11,13H,10,12H2,1-4H3,(H,21,26)(H,22,23). The summed E-state index contributed by atoms with van der Waals surface area (Å²) in [6, 6.07) is 11.8. The number of H-pyrrole nitrogens is 1. The summed E-state index contributed by atoms with van der Waals surface area (Å²) >= 11 is 0. The Balaban J connectivity index is 1.71. The molecular formula is C20H25N5O. The molecule has 0 aliphatic rings. The van der Waals surface area contributed by atoms with E-state index in [9.17, 15) is 4.79 Å². The van der Waals surface area contributed by atoms with E-state index in [-0.39, 0.29) is 5.91 Å². The van der Waals surface area contributed by atoms with E-state index in [2.05, 4.69) is 34.5 Å². The Bertz CT molecular complexity index is 892. The van der Waals surface area contributed by atoms with Crippen molar-refractivity contribution >= 4 is 5.91 Å². The number of para-hydroxylation sites is 1. The Morgan fingerprint density at radius 1 is 1.23 bits per heavy atom. The van der Waals surface area contributed by atoms with Crippen molar-refractivity contribution in [2.24, 2.45) is 5.92 Å². The smallest absolute Gasteiger partial charge is 0.272 e. The maximum absolute atomic E-state index is 12.4. The third-order valence-electron chi connectivity index (χ3n) is 4.36. The van der Waals surface area contributed by atoms with Crippen LogP contribution < -0.4 is 5.32 Å². The van der Waals surface area contributed by atoms with Crippen LogP contribution in [0.25, 0.3) is 5.69 Å². The lowest BCUT2D eigenvalue weighted by molar-refractivity contribution is 0.0946. The van der Waals surface area contributed by atoms with Crippen molar-refractivity contribution in [3.8, 4) is 5.69 Å². The van der Waals surface area contributed by atoms with Gasteiger partial charge in [-0.1, -0.05) is 32.0 Å². The summed E-state index contributed by atoms with van der Waals surface area (Å²) in [5.41, 5.74) is 5.38. The quantitative estimate of drug-likeness (QED) is 0.715. The Morgan fingerprint density at radius 3 is 2.65 bits per heavy atom. The van der Waals surface area contributed by atoms with Gasteiger partial charge in [-0.05, 0) is 44.4 Å². The predicted molar refractivity (Wildman–Crippen MR) is 101 cm³/mol. The zero-order chi connectivity index (χ0) is 18.7. The topological polar surface area (TPSA) is 75.6 Å². The van der Waals surface area contributed by atoms with Crippen LogP contribution in [-0.2, 0) is 13.0 Å². The summed E-state index contributed by atoms with van der Waals surface area (Å²) in [7, 11) is 0. The Labute approximate surface area is 153 Å². The molecule has 2 heterocycles. The lowest BCUT2D eigenvalue weighted by Crippen LogP contribution is -2.23. The first-order valence-corrected chi connectivity index (χ1v) is 8.88. The molecule has 136 valence electrons. The van der Waals surface area contributed by atoms with E-state index in [0.29, 0.717) is 18.2 Å². The highest BCUT2D eigenvalue weighted by Gasteiger charge is 2.16. The summed E-state index contributed by atoms with van der Waals surface area (Å²) in [5, 5.41) is 14.6. The van der Waals surface area contributed by atoms with Crippen LogP contribution in [0.1, 0.15) is 47.0 Å². The van der Waals surface area contributed by atoms with Crippen molar-refractivity contribution in [1.29, 1.82) is 0 Å². The Morgan fingerprint density at radius 2 is 1.96 bits per heavy atom. The molecule has 0 aliphatic heterocycles. The van der Waals surface area contributed by atoms with Crippen LogP contribution in [0, 0.1) is 19.8 Å². The third-order valence-corrected chi connectivity index (χ3v) is 4.36. The molecule has 1 aromatic carbocycles. The average Bonchev–Trinajstić information content (AvgIpc) is 3.18. The maximum Gasteiger partial charge on any atom is 0.272 e. The van der Waals surface area contributed by atoms with Crippen LogP contribution in [0.4, 0.5) is 0 Å². The number of hydrogen-bond donors (Lipinski definition) is 2. The van der Waals surface area contributed by atoms with Crippen LogP contribution in [0.2, 0.25) is 0 Å². The van der Waals surface area contributed by atoms with E-state index in [0.717, 1.165) is 34.8 Å². The zero-order valence-corrected chi connectivity index (χ0v) is 15.7. The summed E-state index contributed by atoms with van der Waals surface area (Å²) in [5.74, 6) is 0.336. The number of rotatable bonds is 6. The first-order chi connectivity index (χ1) is 12.5. The number of amides is 1. The monoisotopic (exact) mass is 351 g/mol. The summed E-state index contributed by atoms with van der Waals surface area (Å²) in [4.78, 5) is 12.4. The minimum absolute atomic E-state index is 0.178. The van der Waals surface area contributed by atoms with Crippen LogP contribution >= 0.6 is 0 Å². The normalized spacial score (nSPS) is 11.1. The number of benzene rings is 1. The van der Waals surface area contributed by atoms with E-state index in [4.69, 9.17) is 0 Å². The highest BCUT2D eigenvalue weighted by atomic mass is 16.1. The molecule has 0 bridgehead atoms. The van der Waals surface area contributed by atoms with Gasteiger partial charge in [0.2, 0.25) is 0 Å². The second kappa shape index (κ2) is 7.56. The highest BCUT2D eigenvalue weighted by Crippen LogP contribution is 2.17. The fourth-order valence-corrected chi connectivity index (χ4v) is 3.03. The molecule has 0 spiro atoms. The van der Waals surface area contributed by atoms with Crippen LogP contribution in [0.3, 0.4) is 0 Å². The first kappa shape index (κ1) is 17.9. The Kier molecular flexibility index (Phi) is 5.21. The molecule has 0 radical (unpaired) electrons. The van der Waals surface area contributed by atoms with Crippen LogP contribution in [0.15, 0.2) is 36.4 Å². The van der Waals surface area contributed by atoms with Gasteiger partial charge < -0.3 is 5.32 Å². The molecular weight excluding hydrogens is 326 g/mol. The number of aryl methyl sites for hydroxylation is 1. The van der Waals surface area contributed by atoms with Crippen molar-refractivity contribution in [2.75, 3.05) is 0 Å². The lowest BCUT2D eigenvalue weighted by Gasteiger charge is -2.06. The van der Waals surface area contributed by atoms with Gasteiger partial charge in [0.05, 0.1) is 11.4 Å². The van der Waals surface area contributed by atoms with Crippen molar-refractivity contribution in [3.05, 3.63) is 64.7 Å². The second-order valence-electron chi connectivity index (χ2n) is 6.96. The minimum atomic E-state index is -0.178. The van der Waals surface area contributed by atoms with Gasteiger partial charge in [0.25, 0.3) is 5.91 Å². The average molecular weight is 351 g/mol. The lowest BCUT2D eigenvalue weighted by atomic mass is 10.1. The van der Waals surface area contributed by atoms with Gasteiger partial charge in [-0.3, -0.25) is 9.89 Å². The van der Waals surface area contributed by atoms with Crippen LogP contribution in [0.5, 0.6) is 0 Å². The van der Waals surface area contributed by atoms with Crippen molar-refractivity contribution in [3.63, 3.8) is 0 Å². The molecule has 3 rings (SSSR count). The first-order valence-electron chi connectivity index (χ1n) is 8.88. The molecule has 3 aromatic rings. The summed E-state index contributed by atoms with van der Waals surface area (Å²) in [6.07, 6.45) is 0.877. The highest BCUT2D eigenvalue weighted by molar-refractivity contribution is 5.92. The number of aromatic nitrogens is 4. The predicted octanol–water partition coefficient (Wildman–Crippen LogP) is 3.34. The summed E-state index contributed by atoms with van der Waals surface area (Å²) in [6.45, 7) is 8.68.